The average Bonchev–Trinajstić information content (AvgIpc) is 3.20. The zero-order valence-corrected chi connectivity index (χ0v) is 20.5. The number of nitrogens with two attached hydrogens (primary N) is 1. The lowest BCUT2D eigenvalue weighted by atomic mass is 9.92. The van der Waals surface area contributed by atoms with E-state index in [9.17, 15) is 12.8 Å². The molecule has 1 aliphatic carbocycles. The summed E-state index contributed by atoms with van der Waals surface area (Å²) in [5.41, 5.74) is 7.55. The molecule has 0 radical (unpaired) electrons. The van der Waals surface area contributed by atoms with Crippen LogP contribution in [0.4, 0.5) is 10.2 Å². The Morgan fingerprint density at radius 3 is 2.69 bits per heavy atom. The van der Waals surface area contributed by atoms with Gasteiger partial charge >= 0.3 is 0 Å². The molecule has 0 spiro atoms. The standard InChI is InChI=1S/C24H24ClFN6O2S/c1-14-5-7-18(8-6-14)35(33,34)32-13-20(19-9-15(25)11-29-24(19)32)22-28-12-21(26)23(31-22)30-17-4-2-3-16(27)10-17/h5-9,11-13,16-17H,2-4,10,27H2,1H3,(H,28,30,31)/t16-,17?/m1/s1. The third kappa shape index (κ3) is 4.61. The molecule has 8 nitrogen and oxygen atoms in total. The number of hydrogen-bond acceptors (Lipinski definition) is 7. The number of anilines is 1. The number of nitrogens with zero attached hydrogens (tertiary/aromatic N) is 4. The van der Waals surface area contributed by atoms with Crippen molar-refractivity contribution in [3.05, 3.63) is 65.3 Å². The molecule has 0 saturated heterocycles. The second-order valence-electron chi connectivity index (χ2n) is 8.84. The highest BCUT2D eigenvalue weighted by Gasteiger charge is 2.25. The van der Waals surface area contributed by atoms with Crippen LogP contribution in [-0.4, -0.2) is 39.4 Å². The van der Waals surface area contributed by atoms with Crippen LogP contribution in [0, 0.1) is 12.7 Å². The predicted molar refractivity (Wildman–Crippen MR) is 133 cm³/mol. The average molecular weight is 515 g/mol. The molecule has 1 fully saturated rings. The maximum atomic E-state index is 14.6. The fourth-order valence-corrected chi connectivity index (χ4v) is 5.87. The zero-order chi connectivity index (χ0) is 24.7. The van der Waals surface area contributed by atoms with E-state index >= 15 is 0 Å². The molecule has 2 atom stereocenters. The van der Waals surface area contributed by atoms with E-state index < -0.39 is 15.8 Å². The third-order valence-corrected chi connectivity index (χ3v) is 8.07. The van der Waals surface area contributed by atoms with Crippen LogP contribution in [0.1, 0.15) is 31.2 Å². The predicted octanol–water partition coefficient (Wildman–Crippen LogP) is 4.51. The second-order valence-corrected chi connectivity index (χ2v) is 11.1. The molecule has 0 amide bonds. The molecule has 1 unspecified atom stereocenters. The summed E-state index contributed by atoms with van der Waals surface area (Å²) >= 11 is 6.19. The van der Waals surface area contributed by atoms with Gasteiger partial charge < -0.3 is 11.1 Å². The zero-order valence-electron chi connectivity index (χ0n) is 18.9. The van der Waals surface area contributed by atoms with Gasteiger partial charge in [0.05, 0.1) is 16.1 Å². The number of aromatic nitrogens is 4. The number of fused-ring (bicyclic) bond motifs is 1. The Kier molecular flexibility index (Phi) is 6.20. The van der Waals surface area contributed by atoms with E-state index in [4.69, 9.17) is 17.3 Å². The summed E-state index contributed by atoms with van der Waals surface area (Å²) in [6, 6.07) is 8.18. The molecule has 4 aromatic rings. The molecule has 35 heavy (non-hydrogen) atoms. The van der Waals surface area contributed by atoms with Crippen LogP contribution < -0.4 is 11.1 Å². The van der Waals surface area contributed by atoms with Gasteiger partial charge in [-0.2, -0.15) is 0 Å². The molecule has 11 heteroatoms. The number of pyridine rings is 1. The fourth-order valence-electron chi connectivity index (χ4n) is 4.39. The molecule has 3 aromatic heterocycles. The van der Waals surface area contributed by atoms with E-state index in [1.165, 1.54) is 24.5 Å². The smallest absolute Gasteiger partial charge is 0.269 e. The van der Waals surface area contributed by atoms with Crippen LogP contribution in [0.5, 0.6) is 0 Å². The van der Waals surface area contributed by atoms with Crippen LogP contribution >= 0.6 is 11.6 Å². The van der Waals surface area contributed by atoms with Crippen LogP contribution in [0.15, 0.2) is 53.8 Å². The molecule has 1 aromatic carbocycles. The molecule has 0 bridgehead atoms. The van der Waals surface area contributed by atoms with Crippen molar-refractivity contribution in [3.8, 4) is 11.4 Å². The lowest BCUT2D eigenvalue weighted by Crippen LogP contribution is -2.35. The van der Waals surface area contributed by atoms with Crippen molar-refractivity contribution < 1.29 is 12.8 Å². The summed E-state index contributed by atoms with van der Waals surface area (Å²) in [5.74, 6) is -0.396. The van der Waals surface area contributed by atoms with Gasteiger partial charge in [0.25, 0.3) is 10.0 Å². The van der Waals surface area contributed by atoms with E-state index in [0.29, 0.717) is 22.4 Å². The maximum absolute atomic E-state index is 14.6. The normalized spacial score (nSPS) is 18.6. The first-order valence-electron chi connectivity index (χ1n) is 11.3. The number of hydrogen-bond donors (Lipinski definition) is 2. The number of nitrogens with one attached hydrogen (secondary N) is 1. The van der Waals surface area contributed by atoms with Gasteiger partial charge in [-0.05, 0) is 50.8 Å². The van der Waals surface area contributed by atoms with E-state index in [-0.39, 0.29) is 34.3 Å². The van der Waals surface area contributed by atoms with E-state index in [1.54, 1.807) is 18.2 Å². The fraction of sp³-hybridized carbons (Fsp3) is 0.292. The molecular formula is C24H24ClFN6O2S. The Hall–Kier alpha value is -3.08. The van der Waals surface area contributed by atoms with Crippen molar-refractivity contribution in [3.63, 3.8) is 0 Å². The Balaban J connectivity index is 1.61. The second kappa shape index (κ2) is 9.18. The Morgan fingerprint density at radius 2 is 1.94 bits per heavy atom. The summed E-state index contributed by atoms with van der Waals surface area (Å²) in [6.45, 7) is 1.88. The van der Waals surface area contributed by atoms with Gasteiger partial charge in [-0.1, -0.05) is 29.3 Å². The van der Waals surface area contributed by atoms with Gasteiger partial charge in [0.2, 0.25) is 0 Å². The van der Waals surface area contributed by atoms with Crippen LogP contribution in [-0.2, 0) is 10.0 Å². The molecule has 1 saturated carbocycles. The van der Waals surface area contributed by atoms with Gasteiger partial charge in [0.1, 0.15) is 0 Å². The van der Waals surface area contributed by atoms with E-state index in [2.05, 4.69) is 20.3 Å². The summed E-state index contributed by atoms with van der Waals surface area (Å²) in [7, 11) is -3.98. The van der Waals surface area contributed by atoms with E-state index in [0.717, 1.165) is 35.0 Å². The lowest BCUT2D eigenvalue weighted by molar-refractivity contribution is 0.407. The Bertz CT molecular complexity index is 1510. The number of benzene rings is 1. The topological polar surface area (TPSA) is 116 Å². The third-order valence-electron chi connectivity index (χ3n) is 6.20. The molecule has 5 rings (SSSR count). The molecular weight excluding hydrogens is 491 g/mol. The van der Waals surface area contributed by atoms with Gasteiger partial charge in [0.15, 0.2) is 23.1 Å². The summed E-state index contributed by atoms with van der Waals surface area (Å²) in [4.78, 5) is 12.9. The summed E-state index contributed by atoms with van der Waals surface area (Å²) in [5, 5.41) is 3.90. The number of rotatable bonds is 5. The lowest BCUT2D eigenvalue weighted by Gasteiger charge is -2.27. The van der Waals surface area contributed by atoms with Crippen molar-refractivity contribution in [2.24, 2.45) is 5.73 Å². The van der Waals surface area contributed by atoms with Crippen molar-refractivity contribution >= 4 is 38.5 Å². The first-order chi connectivity index (χ1) is 16.7. The molecule has 0 aliphatic heterocycles. The van der Waals surface area contributed by atoms with Crippen LogP contribution in [0.2, 0.25) is 5.02 Å². The van der Waals surface area contributed by atoms with Crippen molar-refractivity contribution in [2.75, 3.05) is 5.32 Å². The minimum absolute atomic E-state index is 0.00429. The quantitative estimate of drug-likeness (QED) is 0.402. The monoisotopic (exact) mass is 514 g/mol. The molecule has 3 N–H and O–H groups in total. The summed E-state index contributed by atoms with van der Waals surface area (Å²) < 4.78 is 42.6. The minimum atomic E-state index is -3.98. The highest BCUT2D eigenvalue weighted by atomic mass is 35.5. The first-order valence-corrected chi connectivity index (χ1v) is 13.1. The van der Waals surface area contributed by atoms with Crippen molar-refractivity contribution in [1.29, 1.82) is 0 Å². The molecule has 182 valence electrons. The Morgan fingerprint density at radius 1 is 1.17 bits per heavy atom. The summed E-state index contributed by atoms with van der Waals surface area (Å²) in [6.07, 6.45) is 7.32. The minimum Gasteiger partial charge on any atom is -0.365 e. The highest BCUT2D eigenvalue weighted by molar-refractivity contribution is 7.90. The van der Waals surface area contributed by atoms with Gasteiger partial charge in [-0.3, -0.25) is 0 Å². The molecule has 1 aliphatic rings. The van der Waals surface area contributed by atoms with Gasteiger partial charge in [-0.15, -0.1) is 0 Å². The van der Waals surface area contributed by atoms with Crippen molar-refractivity contribution in [1.82, 2.24) is 18.9 Å². The Labute approximate surface area is 207 Å². The first kappa shape index (κ1) is 23.7. The van der Waals surface area contributed by atoms with Gasteiger partial charge in [-0.25, -0.2) is 31.7 Å². The SMILES string of the molecule is Cc1ccc(S(=O)(=O)n2cc(-c3ncc(F)c(NC4CCC[C@@H](N)C4)n3)c3cc(Cl)cnc32)cc1. The van der Waals surface area contributed by atoms with Gasteiger partial charge in [0, 0.05) is 35.4 Å². The number of aryl methyl sites for hydroxylation is 1. The van der Waals surface area contributed by atoms with E-state index in [1.807, 2.05) is 6.92 Å². The largest absolute Gasteiger partial charge is 0.365 e. The van der Waals surface area contributed by atoms with Crippen LogP contribution in [0.25, 0.3) is 22.4 Å². The van der Waals surface area contributed by atoms with Crippen molar-refractivity contribution in [2.45, 2.75) is 49.6 Å². The highest BCUT2D eigenvalue weighted by Crippen LogP contribution is 2.33. The maximum Gasteiger partial charge on any atom is 0.269 e. The molecule has 3 heterocycles. The van der Waals surface area contributed by atoms with Crippen LogP contribution in [0.3, 0.4) is 0 Å². The number of halogens is 2.